The molecule has 5 heteroatoms. The lowest BCUT2D eigenvalue weighted by Crippen LogP contribution is -2.48. The molecular weight excluding hydrogens is 268 g/mol. The summed E-state index contributed by atoms with van der Waals surface area (Å²) in [6.07, 6.45) is 3.09. The summed E-state index contributed by atoms with van der Waals surface area (Å²) in [5.74, 6) is -0.876. The quantitative estimate of drug-likeness (QED) is 0.777. The van der Waals surface area contributed by atoms with E-state index in [0.29, 0.717) is 17.7 Å². The van der Waals surface area contributed by atoms with Crippen molar-refractivity contribution < 1.29 is 14.4 Å². The largest absolute Gasteiger partial charge is 0.338 e. The molecule has 1 saturated heterocycles. The number of carbonyl (C=O) groups is 3. The van der Waals surface area contributed by atoms with Gasteiger partial charge in [-0.15, -0.1) is 0 Å². The summed E-state index contributed by atoms with van der Waals surface area (Å²) in [4.78, 5) is 39.7. The summed E-state index contributed by atoms with van der Waals surface area (Å²) in [6.45, 7) is 2.57. The molecule has 2 aliphatic rings. The molecule has 2 aliphatic heterocycles. The Morgan fingerprint density at radius 3 is 2.33 bits per heavy atom. The van der Waals surface area contributed by atoms with E-state index >= 15 is 0 Å². The van der Waals surface area contributed by atoms with Crippen LogP contribution in [0.3, 0.4) is 0 Å². The van der Waals surface area contributed by atoms with E-state index in [1.807, 2.05) is 6.92 Å². The topological polar surface area (TPSA) is 57.7 Å². The first kappa shape index (κ1) is 13.8. The maximum atomic E-state index is 12.4. The fraction of sp³-hybridized carbons (Fsp3) is 0.438. The van der Waals surface area contributed by atoms with Gasteiger partial charge in [0.15, 0.2) is 0 Å². The van der Waals surface area contributed by atoms with E-state index in [4.69, 9.17) is 0 Å². The number of hydrogen-bond acceptors (Lipinski definition) is 3. The number of carbonyl (C=O) groups excluding carboxylic acids is 3. The molecule has 0 spiro atoms. The Balaban J connectivity index is 1.76. The summed E-state index contributed by atoms with van der Waals surface area (Å²) in [5, 5.41) is 0. The molecule has 1 aromatic rings. The molecule has 3 rings (SSSR count). The Hall–Kier alpha value is -2.17. The highest BCUT2D eigenvalue weighted by molar-refractivity contribution is 6.22. The molecule has 2 heterocycles. The lowest BCUT2D eigenvalue weighted by atomic mass is 10.0. The highest BCUT2D eigenvalue weighted by atomic mass is 16.2. The zero-order chi connectivity index (χ0) is 15.0. The van der Waals surface area contributed by atoms with Crippen LogP contribution in [0.1, 0.15) is 46.9 Å². The van der Waals surface area contributed by atoms with Crippen molar-refractivity contribution in [2.75, 3.05) is 13.1 Å². The van der Waals surface area contributed by atoms with Gasteiger partial charge in [0.25, 0.3) is 11.8 Å². The molecule has 0 N–H and O–H groups in total. The summed E-state index contributed by atoms with van der Waals surface area (Å²) in [7, 11) is 0. The Bertz CT molecular complexity index is 576. The SMILES string of the molecule is CC1CCCCN1C(=O)CN1C(=O)c2ccccc2C1=O. The molecule has 1 fully saturated rings. The lowest BCUT2D eigenvalue weighted by molar-refractivity contribution is -0.134. The molecule has 5 nitrogen and oxygen atoms in total. The standard InChI is InChI=1S/C16H18N2O3/c1-11-6-4-5-9-17(11)14(19)10-18-15(20)12-7-2-3-8-13(12)16(18)21/h2-3,7-8,11H,4-6,9-10H2,1H3. The van der Waals surface area contributed by atoms with Crippen molar-refractivity contribution in [2.24, 2.45) is 0 Å². The molecule has 110 valence electrons. The number of hydrogen-bond donors (Lipinski definition) is 0. The van der Waals surface area contributed by atoms with Gasteiger partial charge in [0.2, 0.25) is 5.91 Å². The third-order valence-corrected chi connectivity index (χ3v) is 4.29. The Kier molecular flexibility index (Phi) is 3.49. The Labute approximate surface area is 123 Å². The molecule has 0 aromatic heterocycles. The lowest BCUT2D eigenvalue weighted by Gasteiger charge is -2.34. The van der Waals surface area contributed by atoms with Gasteiger partial charge in [-0.25, -0.2) is 0 Å². The van der Waals surface area contributed by atoms with Crippen LogP contribution in [0, 0.1) is 0 Å². The van der Waals surface area contributed by atoms with Crippen LogP contribution in [-0.4, -0.2) is 46.7 Å². The first-order chi connectivity index (χ1) is 10.1. The summed E-state index contributed by atoms with van der Waals surface area (Å²) in [5.41, 5.74) is 0.781. The molecule has 0 bridgehead atoms. The first-order valence-electron chi connectivity index (χ1n) is 7.34. The van der Waals surface area contributed by atoms with Crippen molar-refractivity contribution in [2.45, 2.75) is 32.2 Å². The summed E-state index contributed by atoms with van der Waals surface area (Å²) in [6, 6.07) is 6.89. The van der Waals surface area contributed by atoms with E-state index in [1.165, 1.54) is 0 Å². The van der Waals surface area contributed by atoms with Crippen molar-refractivity contribution in [1.29, 1.82) is 0 Å². The molecule has 0 aliphatic carbocycles. The molecule has 1 atom stereocenters. The van der Waals surface area contributed by atoms with Crippen LogP contribution in [0.25, 0.3) is 0 Å². The number of imide groups is 1. The van der Waals surface area contributed by atoms with Gasteiger partial charge >= 0.3 is 0 Å². The van der Waals surface area contributed by atoms with E-state index in [2.05, 4.69) is 0 Å². The first-order valence-corrected chi connectivity index (χ1v) is 7.34. The Morgan fingerprint density at radius 1 is 1.14 bits per heavy atom. The molecule has 0 saturated carbocycles. The zero-order valence-electron chi connectivity index (χ0n) is 12.0. The number of fused-ring (bicyclic) bond motifs is 1. The van der Waals surface area contributed by atoms with Crippen LogP contribution >= 0.6 is 0 Å². The average Bonchev–Trinajstić information content (AvgIpc) is 2.73. The molecule has 1 aromatic carbocycles. The van der Waals surface area contributed by atoms with Crippen LogP contribution in [0.2, 0.25) is 0 Å². The van der Waals surface area contributed by atoms with E-state index in [0.717, 1.165) is 24.2 Å². The predicted octanol–water partition coefficient (Wildman–Crippen LogP) is 1.68. The van der Waals surface area contributed by atoms with Gasteiger partial charge in [0, 0.05) is 12.6 Å². The number of benzene rings is 1. The maximum absolute atomic E-state index is 12.4. The number of nitrogens with zero attached hydrogens (tertiary/aromatic N) is 2. The number of likely N-dealkylation sites (tertiary alicyclic amines) is 1. The van der Waals surface area contributed by atoms with Gasteiger partial charge in [0.1, 0.15) is 6.54 Å². The summed E-state index contributed by atoms with van der Waals surface area (Å²) >= 11 is 0. The third-order valence-electron chi connectivity index (χ3n) is 4.29. The molecular formula is C16H18N2O3. The van der Waals surface area contributed by atoms with Gasteiger partial charge in [-0.05, 0) is 38.3 Å². The smallest absolute Gasteiger partial charge is 0.262 e. The van der Waals surface area contributed by atoms with Gasteiger partial charge < -0.3 is 4.90 Å². The fourth-order valence-electron chi connectivity index (χ4n) is 3.08. The monoisotopic (exact) mass is 286 g/mol. The minimum atomic E-state index is -0.367. The highest BCUT2D eigenvalue weighted by Gasteiger charge is 2.37. The second-order valence-corrected chi connectivity index (χ2v) is 5.67. The van der Waals surface area contributed by atoms with Crippen LogP contribution < -0.4 is 0 Å². The third kappa shape index (κ3) is 2.33. The van der Waals surface area contributed by atoms with Crippen LogP contribution in [-0.2, 0) is 4.79 Å². The number of rotatable bonds is 2. The highest BCUT2D eigenvalue weighted by Crippen LogP contribution is 2.23. The van der Waals surface area contributed by atoms with Crippen molar-refractivity contribution >= 4 is 17.7 Å². The maximum Gasteiger partial charge on any atom is 0.262 e. The molecule has 21 heavy (non-hydrogen) atoms. The van der Waals surface area contributed by atoms with Crippen molar-refractivity contribution in [3.05, 3.63) is 35.4 Å². The zero-order valence-corrected chi connectivity index (χ0v) is 12.0. The van der Waals surface area contributed by atoms with Gasteiger partial charge in [-0.1, -0.05) is 12.1 Å². The summed E-state index contributed by atoms with van der Waals surface area (Å²) < 4.78 is 0. The fourth-order valence-corrected chi connectivity index (χ4v) is 3.08. The number of amides is 3. The van der Waals surface area contributed by atoms with E-state index in [-0.39, 0.29) is 30.3 Å². The van der Waals surface area contributed by atoms with Crippen molar-refractivity contribution in [1.82, 2.24) is 9.80 Å². The second-order valence-electron chi connectivity index (χ2n) is 5.67. The second kappa shape index (κ2) is 5.31. The predicted molar refractivity (Wildman–Crippen MR) is 76.8 cm³/mol. The molecule has 0 radical (unpaired) electrons. The van der Waals surface area contributed by atoms with E-state index in [9.17, 15) is 14.4 Å². The van der Waals surface area contributed by atoms with Crippen LogP contribution in [0.4, 0.5) is 0 Å². The van der Waals surface area contributed by atoms with Crippen LogP contribution in [0.15, 0.2) is 24.3 Å². The normalized spacial score (nSPS) is 21.7. The van der Waals surface area contributed by atoms with Crippen LogP contribution in [0.5, 0.6) is 0 Å². The average molecular weight is 286 g/mol. The van der Waals surface area contributed by atoms with Crippen molar-refractivity contribution in [3.8, 4) is 0 Å². The van der Waals surface area contributed by atoms with Crippen molar-refractivity contribution in [3.63, 3.8) is 0 Å². The van der Waals surface area contributed by atoms with E-state index < -0.39 is 0 Å². The van der Waals surface area contributed by atoms with Gasteiger partial charge in [-0.2, -0.15) is 0 Å². The van der Waals surface area contributed by atoms with E-state index in [1.54, 1.807) is 29.2 Å². The molecule has 3 amide bonds. The molecule has 1 unspecified atom stereocenters. The minimum Gasteiger partial charge on any atom is -0.338 e. The Morgan fingerprint density at radius 2 is 1.76 bits per heavy atom. The van der Waals surface area contributed by atoms with Gasteiger partial charge in [0.05, 0.1) is 11.1 Å². The van der Waals surface area contributed by atoms with Gasteiger partial charge in [-0.3, -0.25) is 19.3 Å². The minimum absolute atomic E-state index is 0.142. The number of piperidine rings is 1.